The first-order valence-corrected chi connectivity index (χ1v) is 6.41. The first-order chi connectivity index (χ1) is 10.0. The number of rotatable bonds is 5. The molecule has 1 aromatic carbocycles. The second-order valence-electron chi connectivity index (χ2n) is 4.91. The Morgan fingerprint density at radius 2 is 2.33 bits per heavy atom. The van der Waals surface area contributed by atoms with Gasteiger partial charge in [-0.15, -0.1) is 0 Å². The Morgan fingerprint density at radius 3 is 3.00 bits per heavy atom. The molecule has 0 saturated heterocycles. The summed E-state index contributed by atoms with van der Waals surface area (Å²) < 4.78 is 0. The third kappa shape index (κ3) is 3.25. The molecule has 0 aliphatic heterocycles. The van der Waals surface area contributed by atoms with Crippen LogP contribution in [0.2, 0.25) is 0 Å². The second-order valence-corrected chi connectivity index (χ2v) is 4.91. The Kier molecular flexibility index (Phi) is 4.32. The van der Waals surface area contributed by atoms with Crippen LogP contribution in [0, 0.1) is 16.0 Å². The molecule has 7 nitrogen and oxygen atoms in total. The van der Waals surface area contributed by atoms with E-state index in [4.69, 9.17) is 4.84 Å². The predicted octanol–water partition coefficient (Wildman–Crippen LogP) is 2.86. The number of hydrogen-bond donors (Lipinski definition) is 1. The van der Waals surface area contributed by atoms with Gasteiger partial charge in [-0.25, -0.2) is 0 Å². The number of hydrogen-bond acceptors (Lipinski definition) is 6. The van der Waals surface area contributed by atoms with Crippen LogP contribution in [-0.2, 0) is 4.84 Å². The molecule has 0 radical (unpaired) electrons. The van der Waals surface area contributed by atoms with Crippen molar-refractivity contribution in [1.29, 1.82) is 0 Å². The van der Waals surface area contributed by atoms with Gasteiger partial charge in [-0.3, -0.25) is 15.1 Å². The topological polar surface area (TPSA) is 97.9 Å². The summed E-state index contributed by atoms with van der Waals surface area (Å²) in [6.07, 6.45) is 2.71. The Balaban J connectivity index is 2.45. The molecule has 2 rings (SSSR count). The van der Waals surface area contributed by atoms with Gasteiger partial charge in [0.05, 0.1) is 16.5 Å². The molecule has 0 saturated carbocycles. The summed E-state index contributed by atoms with van der Waals surface area (Å²) in [4.78, 5) is 19.6. The van der Waals surface area contributed by atoms with E-state index in [2.05, 4.69) is 10.1 Å². The highest BCUT2D eigenvalue weighted by Crippen LogP contribution is 2.33. The lowest BCUT2D eigenvalue weighted by atomic mass is 10.1. The third-order valence-electron chi connectivity index (χ3n) is 2.74. The van der Waals surface area contributed by atoms with Crippen molar-refractivity contribution in [3.8, 4) is 5.75 Å². The van der Waals surface area contributed by atoms with Gasteiger partial charge in [-0.05, 0) is 18.1 Å². The molecule has 0 aliphatic rings. The van der Waals surface area contributed by atoms with Crippen molar-refractivity contribution < 1.29 is 14.9 Å². The second kappa shape index (κ2) is 6.17. The number of fused-ring (bicyclic) bond motifs is 1. The first-order valence-electron chi connectivity index (χ1n) is 6.41. The number of nitro benzene ring substituents is 1. The van der Waals surface area contributed by atoms with Crippen molar-refractivity contribution in [2.75, 3.05) is 6.61 Å². The summed E-state index contributed by atoms with van der Waals surface area (Å²) in [5.74, 6) is 0.149. The van der Waals surface area contributed by atoms with Gasteiger partial charge in [0.2, 0.25) is 0 Å². The van der Waals surface area contributed by atoms with Crippen LogP contribution in [0.3, 0.4) is 0 Å². The van der Waals surface area contributed by atoms with Gasteiger partial charge in [0.25, 0.3) is 5.69 Å². The Labute approximate surface area is 121 Å². The van der Waals surface area contributed by atoms with Gasteiger partial charge in [0, 0.05) is 17.8 Å². The molecule has 0 amide bonds. The van der Waals surface area contributed by atoms with Gasteiger partial charge in [0.1, 0.15) is 12.1 Å². The Bertz CT molecular complexity index is 698. The maximum absolute atomic E-state index is 11.1. The van der Waals surface area contributed by atoms with E-state index in [0.29, 0.717) is 12.5 Å². The van der Waals surface area contributed by atoms with E-state index < -0.39 is 4.92 Å². The van der Waals surface area contributed by atoms with E-state index in [0.717, 1.165) is 0 Å². The molecule has 0 unspecified atom stereocenters. The lowest BCUT2D eigenvalue weighted by molar-refractivity contribution is -0.383. The third-order valence-corrected chi connectivity index (χ3v) is 2.74. The normalized spacial score (nSPS) is 11.4. The smallest absolute Gasteiger partial charge is 0.279 e. The summed E-state index contributed by atoms with van der Waals surface area (Å²) in [6, 6.07) is 4.37. The van der Waals surface area contributed by atoms with E-state index in [1.807, 2.05) is 13.8 Å². The van der Waals surface area contributed by atoms with E-state index in [1.165, 1.54) is 24.5 Å². The zero-order chi connectivity index (χ0) is 15.4. The summed E-state index contributed by atoms with van der Waals surface area (Å²) >= 11 is 0. The molecule has 0 fully saturated rings. The molecule has 1 heterocycles. The standard InChI is InChI=1S/C14H15N3O4/c1-9(2)8-21-16-7-10-6-12(17(19)20)11-4-3-5-15-13(11)14(10)18/h3-7,9,18H,8H2,1-2H3. The van der Waals surface area contributed by atoms with Crippen molar-refractivity contribution in [2.24, 2.45) is 11.1 Å². The molecule has 7 heteroatoms. The van der Waals surface area contributed by atoms with Crippen LogP contribution in [0.1, 0.15) is 19.4 Å². The lowest BCUT2D eigenvalue weighted by Crippen LogP contribution is -1.98. The van der Waals surface area contributed by atoms with Crippen LogP contribution in [0.4, 0.5) is 5.69 Å². The van der Waals surface area contributed by atoms with Crippen LogP contribution < -0.4 is 0 Å². The number of non-ortho nitro benzene ring substituents is 1. The minimum atomic E-state index is -0.518. The molecule has 0 bridgehead atoms. The van der Waals surface area contributed by atoms with Crippen molar-refractivity contribution in [1.82, 2.24) is 4.98 Å². The highest BCUT2D eigenvalue weighted by molar-refractivity contribution is 5.99. The highest BCUT2D eigenvalue weighted by atomic mass is 16.6. The minimum absolute atomic E-state index is 0.138. The maximum Gasteiger partial charge on any atom is 0.279 e. The van der Waals surface area contributed by atoms with Gasteiger partial charge >= 0.3 is 0 Å². The zero-order valence-corrected chi connectivity index (χ0v) is 11.7. The Morgan fingerprint density at radius 1 is 1.57 bits per heavy atom. The molecule has 0 spiro atoms. The molecular weight excluding hydrogens is 274 g/mol. The van der Waals surface area contributed by atoms with Crippen LogP contribution in [0.15, 0.2) is 29.6 Å². The van der Waals surface area contributed by atoms with Crippen molar-refractivity contribution >= 4 is 22.8 Å². The first kappa shape index (κ1) is 14.7. The average Bonchev–Trinajstić information content (AvgIpc) is 2.45. The minimum Gasteiger partial charge on any atom is -0.505 e. The fourth-order valence-electron chi connectivity index (χ4n) is 1.77. The molecule has 110 valence electrons. The van der Waals surface area contributed by atoms with E-state index in [1.54, 1.807) is 6.07 Å². The number of phenols is 1. The fraction of sp³-hybridized carbons (Fsp3) is 0.286. The van der Waals surface area contributed by atoms with E-state index in [-0.39, 0.29) is 27.9 Å². The zero-order valence-electron chi connectivity index (χ0n) is 11.7. The van der Waals surface area contributed by atoms with E-state index >= 15 is 0 Å². The van der Waals surface area contributed by atoms with Crippen LogP contribution in [0.25, 0.3) is 10.9 Å². The molecule has 0 atom stereocenters. The predicted molar refractivity (Wildman–Crippen MR) is 78.4 cm³/mol. The monoisotopic (exact) mass is 289 g/mol. The number of oxime groups is 1. The molecular formula is C14H15N3O4. The van der Waals surface area contributed by atoms with Crippen molar-refractivity contribution in [3.05, 3.63) is 40.1 Å². The van der Waals surface area contributed by atoms with Gasteiger partial charge in [0.15, 0.2) is 5.75 Å². The number of benzene rings is 1. The van der Waals surface area contributed by atoms with Gasteiger partial charge in [-0.1, -0.05) is 19.0 Å². The molecule has 2 aromatic rings. The van der Waals surface area contributed by atoms with Crippen molar-refractivity contribution in [3.63, 3.8) is 0 Å². The summed E-state index contributed by atoms with van der Waals surface area (Å²) in [6.45, 7) is 4.36. The average molecular weight is 289 g/mol. The summed E-state index contributed by atoms with van der Waals surface area (Å²) in [7, 11) is 0. The molecule has 0 aliphatic carbocycles. The van der Waals surface area contributed by atoms with Crippen molar-refractivity contribution in [2.45, 2.75) is 13.8 Å². The maximum atomic E-state index is 11.1. The largest absolute Gasteiger partial charge is 0.505 e. The number of nitro groups is 1. The Hall–Kier alpha value is -2.70. The van der Waals surface area contributed by atoms with Gasteiger partial charge in [-0.2, -0.15) is 0 Å². The SMILES string of the molecule is CC(C)CON=Cc1cc([N+](=O)[O-])c2cccnc2c1O. The number of aromatic hydroxyl groups is 1. The van der Waals surface area contributed by atoms with E-state index in [9.17, 15) is 15.2 Å². The van der Waals surface area contributed by atoms with Crippen LogP contribution >= 0.6 is 0 Å². The van der Waals surface area contributed by atoms with Crippen LogP contribution in [-0.4, -0.2) is 27.8 Å². The number of pyridine rings is 1. The quantitative estimate of drug-likeness (QED) is 0.518. The summed E-state index contributed by atoms with van der Waals surface area (Å²) in [5.41, 5.74) is 0.217. The number of nitrogens with zero attached hydrogens (tertiary/aromatic N) is 3. The lowest BCUT2D eigenvalue weighted by Gasteiger charge is -2.05. The molecule has 21 heavy (non-hydrogen) atoms. The number of phenolic OH excluding ortho intramolecular Hbond substituents is 1. The fourth-order valence-corrected chi connectivity index (χ4v) is 1.77. The molecule has 1 N–H and O–H groups in total. The van der Waals surface area contributed by atoms with Gasteiger partial charge < -0.3 is 9.94 Å². The van der Waals surface area contributed by atoms with Crippen LogP contribution in [0.5, 0.6) is 5.75 Å². The molecule has 1 aromatic heterocycles. The number of aromatic nitrogens is 1. The summed E-state index contributed by atoms with van der Waals surface area (Å²) in [5, 5.41) is 25.2. The highest BCUT2D eigenvalue weighted by Gasteiger charge is 2.18.